The second-order valence-electron chi connectivity index (χ2n) is 17.3. The van der Waals surface area contributed by atoms with Gasteiger partial charge in [0.15, 0.2) is 0 Å². The fourth-order valence-corrected chi connectivity index (χ4v) is 7.19. The van der Waals surface area contributed by atoms with Crippen molar-refractivity contribution in [3.8, 4) is 0 Å². The first kappa shape index (κ1) is 62.0. The van der Waals surface area contributed by atoms with Crippen molar-refractivity contribution >= 4 is 11.9 Å². The Balaban J connectivity index is 4.78. The molecule has 0 bridgehead atoms. The minimum atomic E-state index is -0.828. The predicted octanol–water partition coefficient (Wildman–Crippen LogP) is 16.2. The van der Waals surface area contributed by atoms with Gasteiger partial charge in [0.05, 0.1) is 25.2 Å². The number of ether oxygens (including phenoxy) is 1. The van der Waals surface area contributed by atoms with Gasteiger partial charge in [0, 0.05) is 6.42 Å². The number of rotatable bonds is 45. The molecule has 0 spiro atoms. The van der Waals surface area contributed by atoms with E-state index in [1.54, 1.807) is 0 Å². The highest BCUT2D eigenvalue weighted by Crippen LogP contribution is 2.16. The van der Waals surface area contributed by atoms with Gasteiger partial charge in [-0.25, -0.2) is 0 Å². The molecule has 0 aromatic heterocycles. The van der Waals surface area contributed by atoms with Gasteiger partial charge in [0.25, 0.3) is 0 Å². The molecule has 0 radical (unpaired) electrons. The van der Waals surface area contributed by atoms with Crippen LogP contribution >= 0.6 is 0 Å². The third kappa shape index (κ3) is 46.5. The first-order valence-electron chi connectivity index (χ1n) is 26.5. The van der Waals surface area contributed by atoms with Gasteiger partial charge in [0.1, 0.15) is 6.10 Å². The lowest BCUT2D eigenvalue weighted by Crippen LogP contribution is -2.46. The Bertz CT molecular complexity index is 1440. The predicted molar refractivity (Wildman–Crippen MR) is 286 cm³/mol. The Kier molecular flexibility index (Phi) is 48.8. The molecule has 3 unspecified atom stereocenters. The van der Waals surface area contributed by atoms with Crippen LogP contribution in [-0.2, 0) is 14.3 Å². The minimum Gasteiger partial charge on any atom is -0.462 e. The van der Waals surface area contributed by atoms with E-state index in [1.165, 1.54) is 77.0 Å². The lowest BCUT2D eigenvalue weighted by Gasteiger charge is -2.24. The SMILES string of the molecule is CC/C=C\C/C=C\C/C=C\C/C=C\C/C=C\C/C=C\CCC(=O)OC(CCC/C=C/C=C\C=C/C=C/C=C/CC)CC(=O)NC(CO)C(O)CCCCCCCCCCCCCCCCC. The standard InChI is InChI=1S/C60H97NO5/c1-4-7-10-13-16-19-22-25-27-28-29-30-32-35-38-41-44-47-50-53-60(65)66-56(51-48-45-42-39-36-33-24-21-18-15-12-9-6-3)54-59(64)61-57(55-62)58(63)52-49-46-43-40-37-34-31-26-23-20-17-14-11-8-5-2/h7,9-10,12,15-16,18-19,21,24-25,27,29-30,33,35-36,38-39,42,44,47,56-58,62-63H,4-6,8,11,13-14,17,20,22-23,26,28,31-32,34,37,40-41,43,45-46,48-55H2,1-3H3,(H,61,64)/b10-7-,12-9+,18-15+,19-16-,24-21-,27-25-,30-29-,36-33-,38-35-,42-39+,47-44-. The van der Waals surface area contributed by atoms with E-state index in [1.807, 2.05) is 54.7 Å². The Hall–Kier alpha value is -4.00. The highest BCUT2D eigenvalue weighted by molar-refractivity contribution is 5.77. The molecular formula is C60H97NO5. The van der Waals surface area contributed by atoms with Gasteiger partial charge in [0.2, 0.25) is 5.91 Å². The fourth-order valence-electron chi connectivity index (χ4n) is 7.19. The van der Waals surface area contributed by atoms with Crippen LogP contribution in [0.1, 0.15) is 207 Å². The molecule has 372 valence electrons. The lowest BCUT2D eigenvalue weighted by molar-refractivity contribution is -0.150. The van der Waals surface area contributed by atoms with Gasteiger partial charge in [-0.1, -0.05) is 251 Å². The third-order valence-electron chi connectivity index (χ3n) is 11.1. The maximum atomic E-state index is 13.2. The number of nitrogens with one attached hydrogen (secondary N) is 1. The number of allylic oxidation sites excluding steroid dienone is 22. The summed E-state index contributed by atoms with van der Waals surface area (Å²) in [5.74, 6) is -0.660. The van der Waals surface area contributed by atoms with Gasteiger partial charge >= 0.3 is 5.97 Å². The molecule has 0 aliphatic carbocycles. The van der Waals surface area contributed by atoms with Crippen molar-refractivity contribution in [3.63, 3.8) is 0 Å². The molecule has 0 rings (SSSR count). The van der Waals surface area contributed by atoms with Gasteiger partial charge in [-0.05, 0) is 77.0 Å². The highest BCUT2D eigenvalue weighted by atomic mass is 16.5. The summed E-state index contributed by atoms with van der Waals surface area (Å²) in [5.41, 5.74) is 0. The maximum absolute atomic E-state index is 13.2. The summed E-state index contributed by atoms with van der Waals surface area (Å²) in [5, 5.41) is 23.8. The zero-order valence-electron chi connectivity index (χ0n) is 42.3. The summed E-state index contributed by atoms with van der Waals surface area (Å²) in [6.45, 7) is 6.18. The van der Waals surface area contributed by atoms with Crippen molar-refractivity contribution in [1.82, 2.24) is 5.32 Å². The monoisotopic (exact) mass is 912 g/mol. The normalized spacial score (nSPS) is 14.3. The van der Waals surface area contributed by atoms with E-state index >= 15 is 0 Å². The van der Waals surface area contributed by atoms with E-state index in [4.69, 9.17) is 4.74 Å². The minimum absolute atomic E-state index is 0.0107. The summed E-state index contributed by atoms with van der Waals surface area (Å²) in [6.07, 6.45) is 73.8. The van der Waals surface area contributed by atoms with Crippen molar-refractivity contribution in [1.29, 1.82) is 0 Å². The summed E-state index contributed by atoms with van der Waals surface area (Å²) >= 11 is 0. The lowest BCUT2D eigenvalue weighted by atomic mass is 10.0. The van der Waals surface area contributed by atoms with E-state index in [2.05, 4.69) is 105 Å². The van der Waals surface area contributed by atoms with Crippen LogP contribution in [0, 0.1) is 0 Å². The molecule has 6 nitrogen and oxygen atoms in total. The molecule has 0 aliphatic rings. The fraction of sp³-hybridized carbons (Fsp3) is 0.600. The first-order valence-corrected chi connectivity index (χ1v) is 26.5. The van der Waals surface area contributed by atoms with E-state index < -0.39 is 18.2 Å². The number of hydrogen-bond donors (Lipinski definition) is 3. The molecular weight excluding hydrogens is 815 g/mol. The molecule has 0 aliphatic heterocycles. The van der Waals surface area contributed by atoms with Gasteiger partial charge in [-0.3, -0.25) is 9.59 Å². The van der Waals surface area contributed by atoms with E-state index in [-0.39, 0.29) is 31.3 Å². The summed E-state index contributed by atoms with van der Waals surface area (Å²) < 4.78 is 5.85. The molecule has 6 heteroatoms. The number of amides is 1. The van der Waals surface area contributed by atoms with Crippen LogP contribution in [-0.4, -0.2) is 46.9 Å². The molecule has 0 aromatic rings. The van der Waals surface area contributed by atoms with Gasteiger partial charge in [-0.2, -0.15) is 0 Å². The molecule has 3 N–H and O–H groups in total. The Labute approximate surface area is 405 Å². The van der Waals surface area contributed by atoms with Crippen LogP contribution < -0.4 is 5.32 Å². The van der Waals surface area contributed by atoms with Crippen molar-refractivity contribution in [2.75, 3.05) is 6.61 Å². The first-order chi connectivity index (χ1) is 32.5. The van der Waals surface area contributed by atoms with Crippen LogP contribution in [0.3, 0.4) is 0 Å². The molecule has 0 fully saturated rings. The van der Waals surface area contributed by atoms with Crippen LogP contribution in [0.5, 0.6) is 0 Å². The van der Waals surface area contributed by atoms with E-state index in [0.717, 1.165) is 77.0 Å². The Morgan fingerprint density at radius 2 is 0.894 bits per heavy atom. The molecule has 0 saturated carbocycles. The van der Waals surface area contributed by atoms with E-state index in [9.17, 15) is 19.8 Å². The van der Waals surface area contributed by atoms with Crippen molar-refractivity contribution in [2.45, 2.75) is 225 Å². The van der Waals surface area contributed by atoms with Crippen LogP contribution in [0.15, 0.2) is 134 Å². The number of carbonyl (C=O) groups excluding carboxylic acids is 2. The molecule has 66 heavy (non-hydrogen) atoms. The average molecular weight is 912 g/mol. The zero-order valence-corrected chi connectivity index (χ0v) is 42.3. The number of aliphatic hydroxyl groups excluding tert-OH is 2. The molecule has 0 saturated heterocycles. The van der Waals surface area contributed by atoms with Crippen LogP contribution in [0.2, 0.25) is 0 Å². The number of unbranched alkanes of at least 4 members (excludes halogenated alkanes) is 15. The number of esters is 1. The summed E-state index contributed by atoms with van der Waals surface area (Å²) in [6, 6.07) is -0.749. The second kappa shape index (κ2) is 52.0. The van der Waals surface area contributed by atoms with Crippen molar-refractivity contribution in [3.05, 3.63) is 134 Å². The largest absolute Gasteiger partial charge is 0.462 e. The number of aliphatic hydroxyl groups is 2. The average Bonchev–Trinajstić information content (AvgIpc) is 3.31. The number of hydrogen-bond acceptors (Lipinski definition) is 5. The number of carbonyl (C=O) groups is 2. The summed E-state index contributed by atoms with van der Waals surface area (Å²) in [4.78, 5) is 26.1. The van der Waals surface area contributed by atoms with Gasteiger partial charge in [-0.15, -0.1) is 0 Å². The summed E-state index contributed by atoms with van der Waals surface area (Å²) in [7, 11) is 0. The quantitative estimate of drug-likeness (QED) is 0.0245. The zero-order chi connectivity index (χ0) is 48.1. The van der Waals surface area contributed by atoms with Crippen molar-refractivity contribution < 1.29 is 24.5 Å². The van der Waals surface area contributed by atoms with Crippen LogP contribution in [0.4, 0.5) is 0 Å². The second-order valence-corrected chi connectivity index (χ2v) is 17.3. The third-order valence-corrected chi connectivity index (χ3v) is 11.1. The molecule has 3 atom stereocenters. The molecule has 0 aromatic carbocycles. The molecule has 0 heterocycles. The van der Waals surface area contributed by atoms with E-state index in [0.29, 0.717) is 19.3 Å². The smallest absolute Gasteiger partial charge is 0.306 e. The molecule has 1 amide bonds. The maximum Gasteiger partial charge on any atom is 0.306 e. The highest BCUT2D eigenvalue weighted by Gasteiger charge is 2.23. The Morgan fingerprint density at radius 1 is 0.470 bits per heavy atom. The Morgan fingerprint density at radius 3 is 1.36 bits per heavy atom. The van der Waals surface area contributed by atoms with Crippen molar-refractivity contribution in [2.24, 2.45) is 0 Å². The topological polar surface area (TPSA) is 95.9 Å². The van der Waals surface area contributed by atoms with Crippen LogP contribution in [0.25, 0.3) is 0 Å². The van der Waals surface area contributed by atoms with Gasteiger partial charge < -0.3 is 20.3 Å².